The molecule has 0 atom stereocenters. The van der Waals surface area contributed by atoms with Crippen LogP contribution in [-0.2, 0) is 0 Å². The van der Waals surface area contributed by atoms with E-state index in [0.29, 0.717) is 16.8 Å². The number of aromatic nitrogens is 2. The van der Waals surface area contributed by atoms with Crippen molar-refractivity contribution in [1.29, 1.82) is 0 Å². The number of nitrogens with zero attached hydrogens (tertiary/aromatic N) is 2. The zero-order valence-corrected chi connectivity index (χ0v) is 11.9. The van der Waals surface area contributed by atoms with Gasteiger partial charge in [0.25, 0.3) is 0 Å². The number of rotatable bonds is 2. The predicted octanol–water partition coefficient (Wildman–Crippen LogP) is 3.06. The first-order valence-electron chi connectivity index (χ1n) is 6.71. The van der Waals surface area contributed by atoms with Crippen LogP contribution in [0.4, 0.5) is 5.69 Å². The highest BCUT2D eigenvalue weighted by atomic mass is 16.1. The lowest BCUT2D eigenvalue weighted by Gasteiger charge is -2.07. The van der Waals surface area contributed by atoms with Crippen LogP contribution in [0.3, 0.4) is 0 Å². The van der Waals surface area contributed by atoms with Crippen molar-refractivity contribution in [3.63, 3.8) is 0 Å². The fourth-order valence-electron chi connectivity index (χ4n) is 2.26. The summed E-state index contributed by atoms with van der Waals surface area (Å²) in [5.74, 6) is -0.200. The lowest BCUT2D eigenvalue weighted by molar-refractivity contribution is 0.103. The first kappa shape index (κ1) is 13.2. The Hall–Kier alpha value is -2.75. The van der Waals surface area contributed by atoms with E-state index in [1.807, 2.05) is 50.2 Å². The van der Waals surface area contributed by atoms with E-state index >= 15 is 0 Å². The molecule has 4 nitrogen and oxygen atoms in total. The van der Waals surface area contributed by atoms with Gasteiger partial charge >= 0.3 is 0 Å². The molecule has 3 rings (SSSR count). The topological polar surface area (TPSA) is 68.9 Å². The Morgan fingerprint density at radius 1 is 1.00 bits per heavy atom. The Morgan fingerprint density at radius 3 is 2.52 bits per heavy atom. The summed E-state index contributed by atoms with van der Waals surface area (Å²) in [5.41, 5.74) is 10.2. The van der Waals surface area contributed by atoms with Crippen LogP contribution in [0.5, 0.6) is 0 Å². The first-order valence-corrected chi connectivity index (χ1v) is 6.71. The third kappa shape index (κ3) is 2.25. The molecule has 0 unspecified atom stereocenters. The minimum absolute atomic E-state index is 0.200. The number of fused-ring (bicyclic) bond motifs is 1. The average Bonchev–Trinajstić information content (AvgIpc) is 2.50. The second-order valence-electron chi connectivity index (χ2n) is 5.11. The zero-order valence-electron chi connectivity index (χ0n) is 11.9. The second-order valence-corrected chi connectivity index (χ2v) is 5.11. The molecule has 0 aliphatic rings. The summed E-state index contributed by atoms with van der Waals surface area (Å²) in [7, 11) is 0. The molecule has 1 heterocycles. The van der Waals surface area contributed by atoms with Gasteiger partial charge in [0, 0.05) is 10.9 Å². The van der Waals surface area contributed by atoms with Gasteiger partial charge in [-0.1, -0.05) is 30.3 Å². The SMILES string of the molecule is Cc1ccc(C(=O)c2nnc3ccccc3c2N)cc1C. The van der Waals surface area contributed by atoms with Gasteiger partial charge in [-0.05, 0) is 37.1 Å². The first-order chi connectivity index (χ1) is 10.1. The minimum Gasteiger partial charge on any atom is -0.396 e. The molecule has 0 amide bonds. The van der Waals surface area contributed by atoms with Crippen molar-refractivity contribution < 1.29 is 4.79 Å². The highest BCUT2D eigenvalue weighted by molar-refractivity contribution is 6.13. The Labute approximate surface area is 122 Å². The number of hydrogen-bond donors (Lipinski definition) is 1. The largest absolute Gasteiger partial charge is 0.396 e. The number of aryl methyl sites for hydroxylation is 2. The molecule has 0 fully saturated rings. The predicted molar refractivity (Wildman–Crippen MR) is 83.3 cm³/mol. The Balaban J connectivity index is 2.13. The van der Waals surface area contributed by atoms with Crippen LogP contribution in [0.1, 0.15) is 27.2 Å². The van der Waals surface area contributed by atoms with E-state index < -0.39 is 0 Å². The number of carbonyl (C=O) groups excluding carboxylic acids is 1. The summed E-state index contributed by atoms with van der Waals surface area (Å²) in [6.45, 7) is 3.98. The van der Waals surface area contributed by atoms with Gasteiger partial charge in [-0.2, -0.15) is 0 Å². The standard InChI is InChI=1S/C17H15N3O/c1-10-7-8-12(9-11(10)2)17(21)16-15(18)13-5-3-4-6-14(13)19-20-16/h3-9H,1-2H3,(H2,18,19). The van der Waals surface area contributed by atoms with Crippen molar-refractivity contribution in [2.24, 2.45) is 0 Å². The number of hydrogen-bond acceptors (Lipinski definition) is 4. The van der Waals surface area contributed by atoms with Gasteiger partial charge in [0.05, 0.1) is 11.2 Å². The van der Waals surface area contributed by atoms with E-state index in [2.05, 4.69) is 10.2 Å². The van der Waals surface area contributed by atoms with Gasteiger partial charge in [0.15, 0.2) is 5.69 Å². The maximum atomic E-state index is 12.6. The Morgan fingerprint density at radius 2 is 1.76 bits per heavy atom. The van der Waals surface area contributed by atoms with Crippen molar-refractivity contribution in [2.75, 3.05) is 5.73 Å². The van der Waals surface area contributed by atoms with Crippen LogP contribution in [0, 0.1) is 13.8 Å². The van der Waals surface area contributed by atoms with Crippen LogP contribution in [0.15, 0.2) is 42.5 Å². The lowest BCUT2D eigenvalue weighted by atomic mass is 10.0. The molecule has 1 aromatic heterocycles. The van der Waals surface area contributed by atoms with Gasteiger partial charge in [-0.3, -0.25) is 4.79 Å². The Kier molecular flexibility index (Phi) is 3.14. The molecule has 0 saturated carbocycles. The van der Waals surface area contributed by atoms with Crippen molar-refractivity contribution in [2.45, 2.75) is 13.8 Å². The molecular formula is C17H15N3O. The number of nitrogen functional groups attached to an aromatic ring is 1. The van der Waals surface area contributed by atoms with E-state index in [4.69, 9.17) is 5.73 Å². The summed E-state index contributed by atoms with van der Waals surface area (Å²) in [4.78, 5) is 12.6. The normalized spacial score (nSPS) is 10.8. The van der Waals surface area contributed by atoms with Crippen LogP contribution in [0.25, 0.3) is 10.9 Å². The molecule has 0 bridgehead atoms. The molecular weight excluding hydrogens is 262 g/mol. The molecule has 0 spiro atoms. The molecule has 0 radical (unpaired) electrons. The lowest BCUT2D eigenvalue weighted by Crippen LogP contribution is -2.10. The molecule has 0 aliphatic carbocycles. The highest BCUT2D eigenvalue weighted by Gasteiger charge is 2.17. The molecule has 0 saturated heterocycles. The molecule has 2 N–H and O–H groups in total. The molecule has 2 aromatic carbocycles. The molecule has 3 aromatic rings. The summed E-state index contributed by atoms with van der Waals surface area (Å²) in [6.07, 6.45) is 0. The maximum Gasteiger partial charge on any atom is 0.215 e. The Bertz CT molecular complexity index is 856. The minimum atomic E-state index is -0.200. The fourth-order valence-corrected chi connectivity index (χ4v) is 2.26. The summed E-state index contributed by atoms with van der Waals surface area (Å²) < 4.78 is 0. The quantitative estimate of drug-likeness (QED) is 0.731. The van der Waals surface area contributed by atoms with Crippen LogP contribution in [0.2, 0.25) is 0 Å². The van der Waals surface area contributed by atoms with Crippen molar-refractivity contribution in [3.05, 3.63) is 64.8 Å². The average molecular weight is 277 g/mol. The number of nitrogens with two attached hydrogens (primary N) is 1. The number of benzene rings is 2. The molecule has 4 heteroatoms. The van der Waals surface area contributed by atoms with E-state index in [1.54, 1.807) is 6.07 Å². The summed E-state index contributed by atoms with van der Waals surface area (Å²) >= 11 is 0. The van der Waals surface area contributed by atoms with E-state index in [0.717, 1.165) is 16.5 Å². The number of carbonyl (C=O) groups is 1. The third-order valence-electron chi connectivity index (χ3n) is 3.69. The van der Waals surface area contributed by atoms with E-state index in [-0.39, 0.29) is 11.5 Å². The highest BCUT2D eigenvalue weighted by Crippen LogP contribution is 2.23. The summed E-state index contributed by atoms with van der Waals surface area (Å²) in [6, 6.07) is 13.0. The molecule has 104 valence electrons. The smallest absolute Gasteiger partial charge is 0.215 e. The van der Waals surface area contributed by atoms with Crippen molar-refractivity contribution in [3.8, 4) is 0 Å². The second kappa shape index (κ2) is 4.98. The van der Waals surface area contributed by atoms with Crippen LogP contribution >= 0.6 is 0 Å². The van der Waals surface area contributed by atoms with Gasteiger partial charge in [0.2, 0.25) is 5.78 Å². The van der Waals surface area contributed by atoms with Crippen LogP contribution in [-0.4, -0.2) is 16.0 Å². The third-order valence-corrected chi connectivity index (χ3v) is 3.69. The van der Waals surface area contributed by atoms with E-state index in [1.165, 1.54) is 0 Å². The van der Waals surface area contributed by atoms with Crippen molar-refractivity contribution in [1.82, 2.24) is 10.2 Å². The van der Waals surface area contributed by atoms with Crippen molar-refractivity contribution >= 4 is 22.4 Å². The zero-order chi connectivity index (χ0) is 15.0. The number of anilines is 1. The monoisotopic (exact) mass is 277 g/mol. The van der Waals surface area contributed by atoms with E-state index in [9.17, 15) is 4.79 Å². The van der Waals surface area contributed by atoms with Crippen LogP contribution < -0.4 is 5.73 Å². The maximum absolute atomic E-state index is 12.6. The van der Waals surface area contributed by atoms with Gasteiger partial charge in [-0.25, -0.2) is 0 Å². The molecule has 21 heavy (non-hydrogen) atoms. The van der Waals surface area contributed by atoms with Gasteiger partial charge in [0.1, 0.15) is 0 Å². The molecule has 0 aliphatic heterocycles. The van der Waals surface area contributed by atoms with Gasteiger partial charge in [-0.15, -0.1) is 10.2 Å². The van der Waals surface area contributed by atoms with Gasteiger partial charge < -0.3 is 5.73 Å². The fraction of sp³-hybridized carbons (Fsp3) is 0.118. The summed E-state index contributed by atoms with van der Waals surface area (Å²) in [5, 5.41) is 8.84. The number of ketones is 1.